The van der Waals surface area contributed by atoms with Gasteiger partial charge in [-0.15, -0.1) is 5.10 Å². The van der Waals surface area contributed by atoms with Crippen molar-refractivity contribution >= 4 is 23.1 Å². The van der Waals surface area contributed by atoms with Crippen LogP contribution in [0.15, 0.2) is 54.0 Å². The number of benzene rings is 1. The number of nitrogens with zero attached hydrogens (tertiary/aromatic N) is 9. The standard InChI is InChI=1S/C27H32N10O3/c1-38-9-5-29-15-22(14-28)24-18-32-26-27(33-24)37(35-34-26)19-20-3-2-4-21(13-20)25-30-16-23(17-31-25)40-12-8-36-6-10-39-11-7-36/h2-4,13-18H,5-12,19,28H2,1H3. The molecule has 0 saturated carbocycles. The molecule has 0 spiro atoms. The Morgan fingerprint density at radius 2 is 1.98 bits per heavy atom. The number of aromatic nitrogens is 7. The molecule has 0 atom stereocenters. The zero-order valence-electron chi connectivity index (χ0n) is 22.4. The summed E-state index contributed by atoms with van der Waals surface area (Å²) in [5, 5.41) is 8.43. The lowest BCUT2D eigenvalue weighted by Gasteiger charge is -2.26. The highest BCUT2D eigenvalue weighted by molar-refractivity contribution is 6.09. The Bertz CT molecular complexity index is 1450. The number of allylic oxidation sites excluding steroid dienone is 1. The van der Waals surface area contributed by atoms with Crippen LogP contribution < -0.4 is 10.5 Å². The lowest BCUT2D eigenvalue weighted by atomic mass is 10.1. The van der Waals surface area contributed by atoms with E-state index in [1.807, 2.05) is 24.3 Å². The van der Waals surface area contributed by atoms with Gasteiger partial charge in [-0.1, -0.05) is 23.4 Å². The second kappa shape index (κ2) is 13.6. The van der Waals surface area contributed by atoms with Gasteiger partial charge in [0.1, 0.15) is 6.61 Å². The summed E-state index contributed by atoms with van der Waals surface area (Å²) in [5.74, 6) is 1.25. The summed E-state index contributed by atoms with van der Waals surface area (Å²) in [7, 11) is 1.63. The van der Waals surface area contributed by atoms with Crippen LogP contribution in [0.2, 0.25) is 0 Å². The number of morpholine rings is 1. The number of rotatable bonds is 12. The van der Waals surface area contributed by atoms with Crippen molar-refractivity contribution in [1.29, 1.82) is 0 Å². The number of aliphatic imine (C=N–C) groups is 1. The first kappa shape index (κ1) is 27.2. The zero-order chi connectivity index (χ0) is 27.6. The summed E-state index contributed by atoms with van der Waals surface area (Å²) in [5.41, 5.74) is 9.90. The smallest absolute Gasteiger partial charge is 0.221 e. The summed E-state index contributed by atoms with van der Waals surface area (Å²) in [4.78, 5) is 24.8. The number of hydrogen-bond donors (Lipinski definition) is 1. The summed E-state index contributed by atoms with van der Waals surface area (Å²) < 4.78 is 17.9. The van der Waals surface area contributed by atoms with Gasteiger partial charge in [0.15, 0.2) is 17.2 Å². The molecular formula is C27H32N10O3. The van der Waals surface area contributed by atoms with Gasteiger partial charge in [-0.2, -0.15) is 0 Å². The van der Waals surface area contributed by atoms with Crippen molar-refractivity contribution < 1.29 is 14.2 Å². The van der Waals surface area contributed by atoms with Gasteiger partial charge in [0, 0.05) is 50.3 Å². The largest absolute Gasteiger partial charge is 0.489 e. The first-order chi connectivity index (χ1) is 19.7. The molecule has 1 aliphatic heterocycles. The average molecular weight is 545 g/mol. The highest BCUT2D eigenvalue weighted by Crippen LogP contribution is 2.20. The summed E-state index contributed by atoms with van der Waals surface area (Å²) >= 11 is 0. The van der Waals surface area contributed by atoms with Gasteiger partial charge in [-0.05, 0) is 11.6 Å². The molecule has 0 unspecified atom stereocenters. The third kappa shape index (κ3) is 7.00. The van der Waals surface area contributed by atoms with Crippen molar-refractivity contribution in [2.45, 2.75) is 6.54 Å². The van der Waals surface area contributed by atoms with Gasteiger partial charge >= 0.3 is 0 Å². The van der Waals surface area contributed by atoms with Gasteiger partial charge in [0.05, 0.1) is 57.2 Å². The number of fused-ring (bicyclic) bond motifs is 1. The molecule has 4 heterocycles. The van der Waals surface area contributed by atoms with E-state index in [0.717, 1.165) is 44.0 Å². The predicted octanol–water partition coefficient (Wildman–Crippen LogP) is 1.45. The topological polar surface area (TPSA) is 152 Å². The van der Waals surface area contributed by atoms with Crippen LogP contribution in [-0.2, 0) is 16.0 Å². The molecule has 1 fully saturated rings. The third-order valence-corrected chi connectivity index (χ3v) is 6.28. The van der Waals surface area contributed by atoms with E-state index in [1.54, 1.807) is 36.6 Å². The number of methoxy groups -OCH3 is 1. The molecule has 40 heavy (non-hydrogen) atoms. The highest BCUT2D eigenvalue weighted by Gasteiger charge is 2.13. The molecule has 0 aliphatic carbocycles. The fourth-order valence-electron chi connectivity index (χ4n) is 4.14. The van der Waals surface area contributed by atoms with Gasteiger partial charge in [0.25, 0.3) is 0 Å². The van der Waals surface area contributed by atoms with Crippen LogP contribution in [0.1, 0.15) is 11.3 Å². The van der Waals surface area contributed by atoms with Crippen molar-refractivity contribution in [3.8, 4) is 17.1 Å². The highest BCUT2D eigenvalue weighted by atomic mass is 16.5. The van der Waals surface area contributed by atoms with E-state index in [1.165, 1.54) is 6.20 Å². The van der Waals surface area contributed by atoms with Crippen LogP contribution in [0, 0.1) is 0 Å². The predicted molar refractivity (Wildman–Crippen MR) is 150 cm³/mol. The molecule has 3 aromatic heterocycles. The molecule has 0 radical (unpaired) electrons. The Morgan fingerprint density at radius 3 is 2.77 bits per heavy atom. The lowest BCUT2D eigenvalue weighted by Crippen LogP contribution is -2.38. The Labute approximate surface area is 231 Å². The normalized spacial score (nSPS) is 14.8. The first-order valence-electron chi connectivity index (χ1n) is 13.0. The molecule has 13 heteroatoms. The fourth-order valence-corrected chi connectivity index (χ4v) is 4.14. The molecule has 2 N–H and O–H groups in total. The van der Waals surface area contributed by atoms with Crippen molar-refractivity contribution in [2.75, 3.05) is 59.7 Å². The van der Waals surface area contributed by atoms with E-state index in [4.69, 9.17) is 24.9 Å². The van der Waals surface area contributed by atoms with E-state index in [2.05, 4.69) is 35.2 Å². The van der Waals surface area contributed by atoms with Crippen LogP contribution >= 0.6 is 0 Å². The molecule has 4 aromatic rings. The minimum Gasteiger partial charge on any atom is -0.489 e. The molecule has 208 valence electrons. The van der Waals surface area contributed by atoms with Gasteiger partial charge in [-0.25, -0.2) is 24.6 Å². The summed E-state index contributed by atoms with van der Waals surface area (Å²) in [6, 6.07) is 7.96. The fraction of sp³-hybridized carbons (Fsp3) is 0.370. The van der Waals surface area contributed by atoms with Gasteiger partial charge < -0.3 is 19.9 Å². The van der Waals surface area contributed by atoms with Crippen molar-refractivity contribution in [3.05, 3.63) is 60.3 Å². The van der Waals surface area contributed by atoms with Crippen molar-refractivity contribution in [1.82, 2.24) is 39.8 Å². The summed E-state index contributed by atoms with van der Waals surface area (Å²) in [6.45, 7) is 6.33. The molecule has 1 saturated heterocycles. The number of hydrogen-bond acceptors (Lipinski definition) is 12. The first-order valence-corrected chi connectivity index (χ1v) is 13.0. The van der Waals surface area contributed by atoms with Crippen LogP contribution in [0.5, 0.6) is 5.75 Å². The van der Waals surface area contributed by atoms with E-state index in [-0.39, 0.29) is 0 Å². The maximum atomic E-state index is 5.84. The Hall–Kier alpha value is -4.33. The second-order valence-corrected chi connectivity index (χ2v) is 9.04. The number of ether oxygens (including phenoxy) is 3. The molecule has 5 rings (SSSR count). The summed E-state index contributed by atoms with van der Waals surface area (Å²) in [6.07, 6.45) is 8.13. The quantitative estimate of drug-likeness (QED) is 0.204. The van der Waals surface area contributed by atoms with Crippen LogP contribution in [0.4, 0.5) is 0 Å². The minimum atomic E-state index is 0.439. The number of nitrogens with two attached hydrogens (primary N) is 1. The van der Waals surface area contributed by atoms with Gasteiger partial charge in [0.2, 0.25) is 5.65 Å². The molecule has 1 aromatic carbocycles. The van der Waals surface area contributed by atoms with E-state index >= 15 is 0 Å². The average Bonchev–Trinajstić information content (AvgIpc) is 3.40. The SMILES string of the molecule is COCCN=CC(=CN)c1cnc2nnn(Cc3cccc(-c4ncc(OCCN5CCOCC5)cn4)c3)c2n1. The van der Waals surface area contributed by atoms with Gasteiger partial charge in [-0.3, -0.25) is 9.89 Å². The monoisotopic (exact) mass is 544 g/mol. The second-order valence-electron chi connectivity index (χ2n) is 9.04. The van der Waals surface area contributed by atoms with Crippen LogP contribution in [-0.4, -0.2) is 106 Å². The molecule has 0 amide bonds. The molecule has 13 nitrogen and oxygen atoms in total. The lowest BCUT2D eigenvalue weighted by molar-refractivity contribution is 0.0322. The molecule has 0 bridgehead atoms. The van der Waals surface area contributed by atoms with Crippen LogP contribution in [0.25, 0.3) is 28.3 Å². The van der Waals surface area contributed by atoms with Crippen molar-refractivity contribution in [3.63, 3.8) is 0 Å². The van der Waals surface area contributed by atoms with Crippen molar-refractivity contribution in [2.24, 2.45) is 10.7 Å². The third-order valence-electron chi connectivity index (χ3n) is 6.28. The van der Waals surface area contributed by atoms with E-state index < -0.39 is 0 Å². The Morgan fingerprint density at radius 1 is 1.12 bits per heavy atom. The molecule has 1 aliphatic rings. The Balaban J connectivity index is 1.25. The molecular weight excluding hydrogens is 512 g/mol. The minimum absolute atomic E-state index is 0.439. The maximum absolute atomic E-state index is 5.84. The zero-order valence-corrected chi connectivity index (χ0v) is 22.4. The van der Waals surface area contributed by atoms with Crippen LogP contribution in [0.3, 0.4) is 0 Å². The Kier molecular flexibility index (Phi) is 9.29. The van der Waals surface area contributed by atoms with E-state index in [9.17, 15) is 0 Å². The maximum Gasteiger partial charge on any atom is 0.221 e. The van der Waals surface area contributed by atoms with E-state index in [0.29, 0.717) is 60.4 Å².